The number of aromatic nitrogens is 1. The normalized spacial score (nSPS) is 17.1. The lowest BCUT2D eigenvalue weighted by Gasteiger charge is -2.25. The summed E-state index contributed by atoms with van der Waals surface area (Å²) in [5.74, 6) is 1.36. The van der Waals surface area contributed by atoms with E-state index < -0.39 is 0 Å². The number of nitrogens with one attached hydrogen (secondary N) is 2. The summed E-state index contributed by atoms with van der Waals surface area (Å²) < 4.78 is 6.36. The smallest absolute Gasteiger partial charge is 0.226 e. The fraction of sp³-hybridized carbons (Fsp3) is 0.207. The summed E-state index contributed by atoms with van der Waals surface area (Å²) in [5.41, 5.74) is 4.66. The van der Waals surface area contributed by atoms with E-state index in [0.29, 0.717) is 22.4 Å². The van der Waals surface area contributed by atoms with E-state index in [1.165, 1.54) is 0 Å². The molecule has 5 rings (SSSR count). The van der Waals surface area contributed by atoms with Crippen LogP contribution in [0.1, 0.15) is 41.1 Å². The number of amides is 1. The topological polar surface area (TPSA) is 70.4 Å². The highest BCUT2D eigenvalue weighted by Gasteiger charge is 2.41. The summed E-state index contributed by atoms with van der Waals surface area (Å²) in [6.07, 6.45) is 2.03. The van der Waals surface area contributed by atoms with Crippen molar-refractivity contribution in [2.75, 3.05) is 11.9 Å². The molecule has 2 atom stereocenters. The van der Waals surface area contributed by atoms with Gasteiger partial charge in [0.2, 0.25) is 5.91 Å². The van der Waals surface area contributed by atoms with Crippen molar-refractivity contribution in [3.63, 3.8) is 0 Å². The SMILES string of the molecule is Cc1ccc(NC(=O)CCN2C(=S)N[C@H](c3ccccn3)[C@@H]2c2ccc(-c3ccc(C)c(Cl)c3)o2)cc1. The zero-order chi connectivity index (χ0) is 25.9. The van der Waals surface area contributed by atoms with Crippen LogP contribution < -0.4 is 10.6 Å². The molecule has 0 saturated carbocycles. The molecule has 1 fully saturated rings. The zero-order valence-electron chi connectivity index (χ0n) is 20.6. The number of thiocarbonyl (C=S) groups is 1. The summed E-state index contributed by atoms with van der Waals surface area (Å²) >= 11 is 12.1. The summed E-state index contributed by atoms with van der Waals surface area (Å²) in [6.45, 7) is 4.40. The summed E-state index contributed by atoms with van der Waals surface area (Å²) in [4.78, 5) is 19.3. The van der Waals surface area contributed by atoms with E-state index in [9.17, 15) is 4.79 Å². The molecule has 6 nitrogen and oxygen atoms in total. The van der Waals surface area contributed by atoms with E-state index in [0.717, 1.165) is 33.8 Å². The number of anilines is 1. The van der Waals surface area contributed by atoms with Crippen molar-refractivity contribution < 1.29 is 9.21 Å². The van der Waals surface area contributed by atoms with E-state index in [-0.39, 0.29) is 24.4 Å². The first-order chi connectivity index (χ1) is 17.9. The summed E-state index contributed by atoms with van der Waals surface area (Å²) in [7, 11) is 0. The molecule has 4 aromatic rings. The Morgan fingerprint density at radius 1 is 1.11 bits per heavy atom. The molecule has 2 N–H and O–H groups in total. The number of halogens is 1. The third-order valence-electron chi connectivity index (χ3n) is 6.49. The first-order valence-electron chi connectivity index (χ1n) is 12.1. The largest absolute Gasteiger partial charge is 0.459 e. The fourth-order valence-corrected chi connectivity index (χ4v) is 4.96. The predicted molar refractivity (Wildman–Crippen MR) is 150 cm³/mol. The van der Waals surface area contributed by atoms with Crippen LogP contribution in [0.5, 0.6) is 0 Å². The first kappa shape index (κ1) is 25.0. The van der Waals surface area contributed by atoms with Crippen molar-refractivity contribution in [2.24, 2.45) is 0 Å². The van der Waals surface area contributed by atoms with Gasteiger partial charge in [-0.15, -0.1) is 0 Å². The third-order valence-corrected chi connectivity index (χ3v) is 7.25. The minimum absolute atomic E-state index is 0.0823. The molecule has 0 spiro atoms. The van der Waals surface area contributed by atoms with Crippen LogP contribution in [0.15, 0.2) is 83.4 Å². The second kappa shape index (κ2) is 10.7. The molecule has 0 radical (unpaired) electrons. The lowest BCUT2D eigenvalue weighted by atomic mass is 10.0. The van der Waals surface area contributed by atoms with Crippen LogP contribution in [0.3, 0.4) is 0 Å². The molecule has 0 bridgehead atoms. The van der Waals surface area contributed by atoms with Crippen LogP contribution in [0.2, 0.25) is 5.02 Å². The summed E-state index contributed by atoms with van der Waals surface area (Å²) in [6, 6.07) is 22.8. The monoisotopic (exact) mass is 530 g/mol. The maximum atomic E-state index is 12.8. The van der Waals surface area contributed by atoms with Gasteiger partial charge < -0.3 is 20.0 Å². The van der Waals surface area contributed by atoms with Crippen LogP contribution >= 0.6 is 23.8 Å². The average molecular weight is 531 g/mol. The molecular formula is C29H27ClN4O2S. The minimum Gasteiger partial charge on any atom is -0.459 e. The molecule has 0 unspecified atom stereocenters. The second-order valence-corrected chi connectivity index (χ2v) is 9.94. The quantitative estimate of drug-likeness (QED) is 0.262. The molecule has 2 aromatic heterocycles. The Morgan fingerprint density at radius 3 is 2.65 bits per heavy atom. The van der Waals surface area contributed by atoms with Crippen molar-refractivity contribution in [1.82, 2.24) is 15.2 Å². The highest BCUT2D eigenvalue weighted by atomic mass is 35.5. The van der Waals surface area contributed by atoms with Gasteiger partial charge in [0.1, 0.15) is 17.6 Å². The Kier molecular flexibility index (Phi) is 7.26. The fourth-order valence-electron chi connectivity index (χ4n) is 4.45. The highest BCUT2D eigenvalue weighted by Crippen LogP contribution is 2.40. The van der Waals surface area contributed by atoms with Gasteiger partial charge in [-0.3, -0.25) is 9.78 Å². The van der Waals surface area contributed by atoms with Gasteiger partial charge in [0.15, 0.2) is 5.11 Å². The van der Waals surface area contributed by atoms with E-state index in [4.69, 9.17) is 28.2 Å². The van der Waals surface area contributed by atoms with Gasteiger partial charge in [-0.2, -0.15) is 0 Å². The number of hydrogen-bond acceptors (Lipinski definition) is 4. The number of carbonyl (C=O) groups excluding carboxylic acids is 1. The third kappa shape index (κ3) is 5.53. The van der Waals surface area contributed by atoms with Crippen LogP contribution in [-0.4, -0.2) is 27.4 Å². The van der Waals surface area contributed by atoms with Crippen molar-refractivity contribution in [3.8, 4) is 11.3 Å². The molecule has 1 aliphatic rings. The first-order valence-corrected chi connectivity index (χ1v) is 12.9. The van der Waals surface area contributed by atoms with Crippen LogP contribution in [0.25, 0.3) is 11.3 Å². The van der Waals surface area contributed by atoms with Gasteiger partial charge in [0, 0.05) is 35.4 Å². The Bertz CT molecular complexity index is 1420. The second-order valence-electron chi connectivity index (χ2n) is 9.15. The molecule has 1 saturated heterocycles. The molecular weight excluding hydrogens is 504 g/mol. The maximum Gasteiger partial charge on any atom is 0.226 e. The van der Waals surface area contributed by atoms with Crippen molar-refractivity contribution in [1.29, 1.82) is 0 Å². The number of pyridine rings is 1. The Labute approximate surface area is 226 Å². The highest BCUT2D eigenvalue weighted by molar-refractivity contribution is 7.80. The lowest BCUT2D eigenvalue weighted by Crippen LogP contribution is -2.32. The van der Waals surface area contributed by atoms with Gasteiger partial charge >= 0.3 is 0 Å². The number of aryl methyl sites for hydroxylation is 2. The van der Waals surface area contributed by atoms with E-state index in [1.807, 2.05) is 91.5 Å². The number of carbonyl (C=O) groups is 1. The number of benzene rings is 2. The van der Waals surface area contributed by atoms with Gasteiger partial charge in [-0.1, -0.05) is 47.5 Å². The Balaban J connectivity index is 1.40. The molecule has 1 aliphatic heterocycles. The minimum atomic E-state index is -0.274. The van der Waals surface area contributed by atoms with E-state index in [1.54, 1.807) is 6.20 Å². The molecule has 37 heavy (non-hydrogen) atoms. The predicted octanol–water partition coefficient (Wildman–Crippen LogP) is 6.61. The standard InChI is InChI=1S/C29H27ClN4O2S/c1-18-6-10-21(11-7-18)32-26(35)14-16-34-28(27(33-29(34)37)23-5-3-4-15-31-23)25-13-12-24(36-25)20-9-8-19(2)22(30)17-20/h3-13,15,17,27-28H,14,16H2,1-2H3,(H,32,35)(H,33,37)/t27-,28+/m1/s1. The Morgan fingerprint density at radius 2 is 1.92 bits per heavy atom. The number of rotatable bonds is 7. The average Bonchev–Trinajstić information content (AvgIpc) is 3.51. The lowest BCUT2D eigenvalue weighted by molar-refractivity contribution is -0.116. The van der Waals surface area contributed by atoms with Crippen molar-refractivity contribution in [2.45, 2.75) is 32.4 Å². The number of nitrogens with zero attached hydrogens (tertiary/aromatic N) is 2. The van der Waals surface area contributed by atoms with Crippen molar-refractivity contribution >= 4 is 40.5 Å². The van der Waals surface area contributed by atoms with E-state index >= 15 is 0 Å². The molecule has 188 valence electrons. The van der Waals surface area contributed by atoms with Crippen molar-refractivity contribution in [3.05, 3.63) is 107 Å². The van der Waals surface area contributed by atoms with Crippen LogP contribution in [0, 0.1) is 13.8 Å². The van der Waals surface area contributed by atoms with Crippen LogP contribution in [-0.2, 0) is 4.79 Å². The van der Waals surface area contributed by atoms with Gasteiger partial charge in [0.05, 0.1) is 11.7 Å². The molecule has 0 aliphatic carbocycles. The maximum absolute atomic E-state index is 12.8. The van der Waals surface area contributed by atoms with Gasteiger partial charge in [0.25, 0.3) is 0 Å². The van der Waals surface area contributed by atoms with Crippen LogP contribution in [0.4, 0.5) is 5.69 Å². The summed E-state index contributed by atoms with van der Waals surface area (Å²) in [5, 5.41) is 7.60. The number of hydrogen-bond donors (Lipinski definition) is 2. The molecule has 1 amide bonds. The molecule has 8 heteroatoms. The van der Waals surface area contributed by atoms with Gasteiger partial charge in [-0.25, -0.2) is 0 Å². The molecule has 3 heterocycles. The van der Waals surface area contributed by atoms with Gasteiger partial charge in [-0.05, 0) is 74.1 Å². The van der Waals surface area contributed by atoms with E-state index in [2.05, 4.69) is 15.6 Å². The Hall–Kier alpha value is -3.68. The molecule has 2 aromatic carbocycles. The zero-order valence-corrected chi connectivity index (χ0v) is 22.1. The number of furan rings is 1.